The van der Waals surface area contributed by atoms with E-state index in [1.807, 2.05) is 50.2 Å². The number of methoxy groups -OCH3 is 1. The molecule has 4 N–H and O–H groups in total. The number of nitriles is 1. The lowest BCUT2D eigenvalue weighted by molar-refractivity contribution is -0.114. The lowest BCUT2D eigenvalue weighted by Gasteiger charge is -2.30. The number of nitrogens with zero attached hydrogens (tertiary/aromatic N) is 1. The van der Waals surface area contributed by atoms with Gasteiger partial charge in [0.05, 0.1) is 35.5 Å². The fourth-order valence-electron chi connectivity index (χ4n) is 4.45. The predicted octanol–water partition coefficient (Wildman–Crippen LogP) is 5.72. The number of phenolic OH excluding ortho intramolecular Hbond substituents is 1. The standard InChI is InChI=1S/C31H30N4O4S/c1-18-10-11-19(2)24(14-18)35-27(37)17-40-31-23(16-32)29(21-12-13-25(36)26(15-21)39-4)28(20(3)33-31)30(38)34-22-8-6-5-7-9-22/h5-15,29,33,36H,17H2,1-4H3,(H,34,38)(H,35,37)/t29-/m1/s1. The molecule has 0 aromatic heterocycles. The van der Waals surface area contributed by atoms with E-state index in [0.29, 0.717) is 27.6 Å². The fraction of sp³-hybridized carbons (Fsp3) is 0.194. The minimum atomic E-state index is -0.769. The highest BCUT2D eigenvalue weighted by Crippen LogP contribution is 2.43. The van der Waals surface area contributed by atoms with Gasteiger partial charge in [-0.3, -0.25) is 9.59 Å². The molecular formula is C31H30N4O4S. The number of ether oxygens (including phenoxy) is 1. The number of benzene rings is 3. The zero-order chi connectivity index (χ0) is 28.8. The van der Waals surface area contributed by atoms with Crippen molar-refractivity contribution >= 4 is 35.0 Å². The monoisotopic (exact) mass is 554 g/mol. The Morgan fingerprint density at radius 2 is 1.80 bits per heavy atom. The average Bonchev–Trinajstić information content (AvgIpc) is 2.94. The van der Waals surface area contributed by atoms with Crippen LogP contribution in [0, 0.1) is 25.2 Å². The smallest absolute Gasteiger partial charge is 0.254 e. The molecule has 9 heteroatoms. The van der Waals surface area contributed by atoms with Crippen molar-refractivity contribution in [3.05, 3.63) is 105 Å². The summed E-state index contributed by atoms with van der Waals surface area (Å²) in [4.78, 5) is 26.4. The second kappa shape index (κ2) is 12.5. The molecule has 1 heterocycles. The van der Waals surface area contributed by atoms with Gasteiger partial charge >= 0.3 is 0 Å². The molecule has 0 spiro atoms. The third-order valence-corrected chi connectivity index (χ3v) is 7.49. The van der Waals surface area contributed by atoms with Crippen LogP contribution in [-0.2, 0) is 9.59 Å². The number of hydrogen-bond acceptors (Lipinski definition) is 7. The molecule has 2 amide bonds. The van der Waals surface area contributed by atoms with Crippen LogP contribution in [0.15, 0.2) is 88.6 Å². The van der Waals surface area contributed by atoms with E-state index < -0.39 is 5.92 Å². The Kier molecular flexibility index (Phi) is 8.82. The van der Waals surface area contributed by atoms with Gasteiger partial charge in [-0.1, -0.05) is 48.2 Å². The van der Waals surface area contributed by atoms with E-state index >= 15 is 0 Å². The maximum atomic E-state index is 13.6. The summed E-state index contributed by atoms with van der Waals surface area (Å²) in [6.45, 7) is 5.64. The molecular weight excluding hydrogens is 524 g/mol. The van der Waals surface area contributed by atoms with Crippen molar-refractivity contribution in [3.63, 3.8) is 0 Å². The van der Waals surface area contributed by atoms with Crippen molar-refractivity contribution in [2.24, 2.45) is 0 Å². The molecule has 3 aromatic rings. The quantitative estimate of drug-likeness (QED) is 0.281. The second-order valence-electron chi connectivity index (χ2n) is 9.36. The molecule has 0 saturated carbocycles. The molecule has 40 heavy (non-hydrogen) atoms. The number of aromatic hydroxyl groups is 1. The van der Waals surface area contributed by atoms with E-state index in [2.05, 4.69) is 22.0 Å². The molecule has 0 unspecified atom stereocenters. The normalized spacial score (nSPS) is 14.7. The van der Waals surface area contributed by atoms with Gasteiger partial charge in [-0.25, -0.2) is 0 Å². The fourth-order valence-corrected chi connectivity index (χ4v) is 5.34. The van der Waals surface area contributed by atoms with Gasteiger partial charge in [0.15, 0.2) is 11.5 Å². The van der Waals surface area contributed by atoms with E-state index in [1.165, 1.54) is 24.9 Å². The van der Waals surface area contributed by atoms with Crippen LogP contribution in [0.4, 0.5) is 11.4 Å². The van der Waals surface area contributed by atoms with Crippen LogP contribution in [0.1, 0.15) is 29.5 Å². The lowest BCUT2D eigenvalue weighted by atomic mass is 9.82. The summed E-state index contributed by atoms with van der Waals surface area (Å²) in [6.07, 6.45) is 0. The molecule has 8 nitrogen and oxygen atoms in total. The first-order chi connectivity index (χ1) is 19.2. The average molecular weight is 555 g/mol. The van der Waals surface area contributed by atoms with Gasteiger partial charge in [0, 0.05) is 22.6 Å². The summed E-state index contributed by atoms with van der Waals surface area (Å²) in [7, 11) is 1.43. The SMILES string of the molecule is COc1cc([C@@H]2C(C#N)=C(SCC(=O)Nc3cc(C)ccc3C)NC(C)=C2C(=O)Nc2ccccc2)ccc1O. The van der Waals surface area contributed by atoms with E-state index in [9.17, 15) is 20.0 Å². The van der Waals surface area contributed by atoms with Gasteiger partial charge in [-0.05, 0) is 67.8 Å². The molecule has 0 radical (unpaired) electrons. The molecule has 1 aliphatic rings. The minimum absolute atomic E-state index is 0.0470. The summed E-state index contributed by atoms with van der Waals surface area (Å²) in [5.41, 5.74) is 5.09. The van der Waals surface area contributed by atoms with E-state index in [-0.39, 0.29) is 34.6 Å². The highest BCUT2D eigenvalue weighted by Gasteiger charge is 2.35. The Labute approximate surface area is 237 Å². The van der Waals surface area contributed by atoms with Crippen LogP contribution in [-0.4, -0.2) is 29.8 Å². The first-order valence-electron chi connectivity index (χ1n) is 12.6. The molecule has 3 aromatic carbocycles. The van der Waals surface area contributed by atoms with E-state index in [1.54, 1.807) is 31.2 Å². The summed E-state index contributed by atoms with van der Waals surface area (Å²) in [5, 5.41) is 30.0. The maximum absolute atomic E-state index is 13.6. The summed E-state index contributed by atoms with van der Waals surface area (Å²) < 4.78 is 5.30. The number of rotatable bonds is 8. The van der Waals surface area contributed by atoms with Crippen LogP contribution >= 0.6 is 11.8 Å². The molecule has 1 aliphatic heterocycles. The molecule has 0 saturated heterocycles. The Hall–Kier alpha value is -4.68. The molecule has 0 aliphatic carbocycles. The van der Waals surface area contributed by atoms with Crippen molar-refractivity contribution in [1.29, 1.82) is 5.26 Å². The predicted molar refractivity (Wildman–Crippen MR) is 158 cm³/mol. The Balaban J connectivity index is 1.67. The van der Waals surface area contributed by atoms with Gasteiger partial charge in [0.25, 0.3) is 5.91 Å². The number of dihydropyridines is 1. The second-order valence-corrected chi connectivity index (χ2v) is 10.3. The number of anilines is 2. The number of thioether (sulfide) groups is 1. The number of nitrogens with one attached hydrogen (secondary N) is 3. The van der Waals surface area contributed by atoms with Crippen LogP contribution < -0.4 is 20.7 Å². The molecule has 0 bridgehead atoms. The number of amides is 2. The van der Waals surface area contributed by atoms with Gasteiger partial charge in [0.2, 0.25) is 5.91 Å². The van der Waals surface area contributed by atoms with Gasteiger partial charge in [0.1, 0.15) is 0 Å². The third kappa shape index (κ3) is 6.30. The highest BCUT2D eigenvalue weighted by molar-refractivity contribution is 8.03. The van der Waals surface area contributed by atoms with Crippen LogP contribution in [0.25, 0.3) is 0 Å². The number of aryl methyl sites for hydroxylation is 2. The number of allylic oxidation sites excluding steroid dienone is 2. The number of carbonyl (C=O) groups is 2. The highest BCUT2D eigenvalue weighted by atomic mass is 32.2. The number of hydrogen-bond donors (Lipinski definition) is 4. The molecule has 1 atom stereocenters. The molecule has 4 rings (SSSR count). The van der Waals surface area contributed by atoms with Crippen molar-refractivity contribution in [1.82, 2.24) is 5.32 Å². The lowest BCUT2D eigenvalue weighted by Crippen LogP contribution is -2.31. The van der Waals surface area contributed by atoms with Crippen LogP contribution in [0.2, 0.25) is 0 Å². The van der Waals surface area contributed by atoms with Crippen LogP contribution in [0.3, 0.4) is 0 Å². The molecule has 204 valence electrons. The number of phenols is 1. The van der Waals surface area contributed by atoms with Crippen molar-refractivity contribution in [3.8, 4) is 17.6 Å². The van der Waals surface area contributed by atoms with E-state index in [4.69, 9.17) is 4.74 Å². The summed E-state index contributed by atoms with van der Waals surface area (Å²) >= 11 is 1.19. The third-order valence-electron chi connectivity index (χ3n) is 6.48. The first kappa shape index (κ1) is 28.3. The number of carbonyl (C=O) groups excluding carboxylic acids is 2. The van der Waals surface area contributed by atoms with Crippen molar-refractivity contribution < 1.29 is 19.4 Å². The Morgan fingerprint density at radius 1 is 1.05 bits per heavy atom. The van der Waals surface area contributed by atoms with Gasteiger partial charge < -0.3 is 25.8 Å². The Bertz CT molecular complexity index is 1560. The maximum Gasteiger partial charge on any atom is 0.254 e. The van der Waals surface area contributed by atoms with Gasteiger partial charge in [-0.2, -0.15) is 5.26 Å². The topological polar surface area (TPSA) is 123 Å². The zero-order valence-corrected chi connectivity index (χ0v) is 23.5. The summed E-state index contributed by atoms with van der Waals surface area (Å²) in [6, 6.07) is 21.9. The first-order valence-corrected chi connectivity index (χ1v) is 13.6. The largest absolute Gasteiger partial charge is 0.504 e. The molecule has 0 fully saturated rings. The van der Waals surface area contributed by atoms with Crippen molar-refractivity contribution in [2.45, 2.75) is 26.7 Å². The summed E-state index contributed by atoms with van der Waals surface area (Å²) in [5.74, 6) is -1.16. The van der Waals surface area contributed by atoms with E-state index in [0.717, 1.165) is 16.8 Å². The van der Waals surface area contributed by atoms with Gasteiger partial charge in [-0.15, -0.1) is 0 Å². The number of para-hydroxylation sites is 1. The minimum Gasteiger partial charge on any atom is -0.504 e. The zero-order valence-electron chi connectivity index (χ0n) is 22.7. The van der Waals surface area contributed by atoms with Crippen LogP contribution in [0.5, 0.6) is 11.5 Å². The Morgan fingerprint density at radius 3 is 2.50 bits per heavy atom. The van der Waals surface area contributed by atoms with Crippen molar-refractivity contribution in [2.75, 3.05) is 23.5 Å².